The summed E-state index contributed by atoms with van der Waals surface area (Å²) in [6.45, 7) is 5.57. The molecular formula is C22H21NO3S. The van der Waals surface area contributed by atoms with Crippen LogP contribution in [-0.4, -0.2) is 18.5 Å². The van der Waals surface area contributed by atoms with Crippen molar-refractivity contribution in [2.24, 2.45) is 0 Å². The van der Waals surface area contributed by atoms with E-state index in [2.05, 4.69) is 5.32 Å². The monoisotopic (exact) mass is 379 g/mol. The van der Waals surface area contributed by atoms with Crippen molar-refractivity contribution in [3.8, 4) is 11.1 Å². The molecule has 0 spiro atoms. The number of hydrogen-bond donors (Lipinski definition) is 1. The standard InChI is InChI=1S/C22H21NO3S/c1-14-5-8-17(9-6-14)18-10-11-27-21(18)22(25)26-13-20(24)23-19-12-15(2)4-7-16(19)3/h4-12H,13H2,1-3H3,(H,23,24). The summed E-state index contributed by atoms with van der Waals surface area (Å²) in [7, 11) is 0. The third kappa shape index (κ3) is 4.63. The second-order valence-electron chi connectivity index (χ2n) is 6.47. The molecule has 0 fully saturated rings. The molecule has 3 rings (SSSR count). The van der Waals surface area contributed by atoms with Crippen LogP contribution in [0.15, 0.2) is 53.9 Å². The highest BCUT2D eigenvalue weighted by Crippen LogP contribution is 2.29. The summed E-state index contributed by atoms with van der Waals surface area (Å²) in [5, 5.41) is 4.64. The third-order valence-electron chi connectivity index (χ3n) is 4.21. The molecule has 2 aromatic carbocycles. The largest absolute Gasteiger partial charge is 0.451 e. The molecule has 0 bridgehead atoms. The Morgan fingerprint density at radius 1 is 0.963 bits per heavy atom. The van der Waals surface area contributed by atoms with Crippen LogP contribution >= 0.6 is 11.3 Å². The molecule has 0 saturated carbocycles. The van der Waals surface area contributed by atoms with Crippen LogP contribution in [0.4, 0.5) is 5.69 Å². The first-order chi connectivity index (χ1) is 12.9. The van der Waals surface area contributed by atoms with Crippen LogP contribution in [-0.2, 0) is 9.53 Å². The van der Waals surface area contributed by atoms with E-state index in [0.717, 1.165) is 33.5 Å². The molecule has 27 heavy (non-hydrogen) atoms. The number of carbonyl (C=O) groups excluding carboxylic acids is 2. The molecule has 0 aliphatic carbocycles. The van der Waals surface area contributed by atoms with Crippen molar-refractivity contribution < 1.29 is 14.3 Å². The molecule has 5 heteroatoms. The van der Waals surface area contributed by atoms with Crippen LogP contribution in [0.25, 0.3) is 11.1 Å². The number of aryl methyl sites for hydroxylation is 3. The van der Waals surface area contributed by atoms with Gasteiger partial charge in [0.25, 0.3) is 5.91 Å². The van der Waals surface area contributed by atoms with Crippen LogP contribution in [0.5, 0.6) is 0 Å². The second kappa shape index (κ2) is 8.18. The Bertz CT molecular complexity index is 973. The van der Waals surface area contributed by atoms with Crippen LogP contribution in [0.3, 0.4) is 0 Å². The van der Waals surface area contributed by atoms with Gasteiger partial charge < -0.3 is 10.1 Å². The lowest BCUT2D eigenvalue weighted by molar-refractivity contribution is -0.119. The molecule has 0 aliphatic rings. The van der Waals surface area contributed by atoms with Gasteiger partial charge in [-0.15, -0.1) is 11.3 Å². The number of amides is 1. The lowest BCUT2D eigenvalue weighted by Gasteiger charge is -2.10. The number of benzene rings is 2. The number of nitrogens with one attached hydrogen (secondary N) is 1. The highest BCUT2D eigenvalue weighted by atomic mass is 32.1. The number of hydrogen-bond acceptors (Lipinski definition) is 4. The average Bonchev–Trinajstić information content (AvgIpc) is 3.13. The van der Waals surface area contributed by atoms with Gasteiger partial charge in [0.1, 0.15) is 4.88 Å². The topological polar surface area (TPSA) is 55.4 Å². The number of thiophene rings is 1. The van der Waals surface area contributed by atoms with Crippen molar-refractivity contribution in [3.63, 3.8) is 0 Å². The SMILES string of the molecule is Cc1ccc(-c2ccsc2C(=O)OCC(=O)Nc2cc(C)ccc2C)cc1. The molecule has 1 heterocycles. The van der Waals surface area contributed by atoms with E-state index in [-0.39, 0.29) is 12.5 Å². The quantitative estimate of drug-likeness (QED) is 0.625. The fourth-order valence-corrected chi connectivity index (χ4v) is 3.49. The fourth-order valence-electron chi connectivity index (χ4n) is 2.68. The highest BCUT2D eigenvalue weighted by molar-refractivity contribution is 7.12. The van der Waals surface area contributed by atoms with Gasteiger partial charge in [-0.3, -0.25) is 4.79 Å². The first-order valence-corrected chi connectivity index (χ1v) is 9.51. The highest BCUT2D eigenvalue weighted by Gasteiger charge is 2.17. The van der Waals surface area contributed by atoms with E-state index in [1.54, 1.807) is 0 Å². The van der Waals surface area contributed by atoms with Crippen molar-refractivity contribution in [2.75, 3.05) is 11.9 Å². The summed E-state index contributed by atoms with van der Waals surface area (Å²) in [5.74, 6) is -0.845. The molecule has 1 aromatic heterocycles. The first kappa shape index (κ1) is 18.9. The van der Waals surface area contributed by atoms with Gasteiger partial charge >= 0.3 is 5.97 Å². The molecule has 138 valence electrons. The van der Waals surface area contributed by atoms with Gasteiger partial charge in [-0.1, -0.05) is 42.0 Å². The zero-order valence-electron chi connectivity index (χ0n) is 15.5. The zero-order chi connectivity index (χ0) is 19.4. The Morgan fingerprint density at radius 2 is 1.67 bits per heavy atom. The molecule has 4 nitrogen and oxygen atoms in total. The van der Waals surface area contributed by atoms with Crippen molar-refractivity contribution in [1.82, 2.24) is 0 Å². The minimum atomic E-state index is -0.489. The van der Waals surface area contributed by atoms with Crippen LogP contribution in [0, 0.1) is 20.8 Å². The molecule has 0 unspecified atom stereocenters. The van der Waals surface area contributed by atoms with E-state index in [1.165, 1.54) is 11.3 Å². The lowest BCUT2D eigenvalue weighted by Crippen LogP contribution is -2.21. The smallest absolute Gasteiger partial charge is 0.349 e. The van der Waals surface area contributed by atoms with Gasteiger partial charge in [-0.2, -0.15) is 0 Å². The number of carbonyl (C=O) groups is 2. The van der Waals surface area contributed by atoms with E-state index in [1.807, 2.05) is 74.7 Å². The summed E-state index contributed by atoms with van der Waals surface area (Å²) in [5.41, 5.74) is 5.66. The zero-order valence-corrected chi connectivity index (χ0v) is 16.4. The number of anilines is 1. The van der Waals surface area contributed by atoms with Crippen molar-refractivity contribution in [3.05, 3.63) is 75.5 Å². The predicted molar refractivity (Wildman–Crippen MR) is 109 cm³/mol. The normalized spacial score (nSPS) is 10.5. The molecule has 1 N–H and O–H groups in total. The number of ether oxygens (including phenoxy) is 1. The Balaban J connectivity index is 1.65. The van der Waals surface area contributed by atoms with Crippen LogP contribution in [0.1, 0.15) is 26.4 Å². The minimum Gasteiger partial charge on any atom is -0.451 e. The summed E-state index contributed by atoms with van der Waals surface area (Å²) < 4.78 is 5.24. The molecule has 0 radical (unpaired) electrons. The Morgan fingerprint density at radius 3 is 2.41 bits per heavy atom. The van der Waals surface area contributed by atoms with E-state index in [4.69, 9.17) is 4.74 Å². The van der Waals surface area contributed by atoms with Gasteiger partial charge in [0.15, 0.2) is 6.61 Å². The Labute approximate surface area is 162 Å². The third-order valence-corrected chi connectivity index (χ3v) is 5.11. The Hall–Kier alpha value is -2.92. The van der Waals surface area contributed by atoms with Gasteiger partial charge in [0.05, 0.1) is 0 Å². The number of esters is 1. The lowest BCUT2D eigenvalue weighted by atomic mass is 10.1. The van der Waals surface area contributed by atoms with Crippen molar-refractivity contribution >= 4 is 28.9 Å². The van der Waals surface area contributed by atoms with E-state index >= 15 is 0 Å². The minimum absolute atomic E-state index is 0.322. The fraction of sp³-hybridized carbons (Fsp3) is 0.182. The van der Waals surface area contributed by atoms with Crippen LogP contribution < -0.4 is 5.32 Å². The molecule has 3 aromatic rings. The van der Waals surface area contributed by atoms with Crippen molar-refractivity contribution in [1.29, 1.82) is 0 Å². The maximum absolute atomic E-state index is 12.5. The van der Waals surface area contributed by atoms with Gasteiger partial charge in [0.2, 0.25) is 0 Å². The maximum Gasteiger partial charge on any atom is 0.349 e. The maximum atomic E-state index is 12.5. The molecule has 0 atom stereocenters. The number of rotatable bonds is 5. The Kier molecular flexibility index (Phi) is 5.72. The van der Waals surface area contributed by atoms with Crippen LogP contribution in [0.2, 0.25) is 0 Å². The molecule has 0 aliphatic heterocycles. The summed E-state index contributed by atoms with van der Waals surface area (Å²) in [4.78, 5) is 25.1. The van der Waals surface area contributed by atoms with Crippen molar-refractivity contribution in [2.45, 2.75) is 20.8 Å². The average molecular weight is 379 g/mol. The summed E-state index contributed by atoms with van der Waals surface area (Å²) in [6, 6.07) is 15.7. The van der Waals surface area contributed by atoms with E-state index < -0.39 is 5.97 Å². The second-order valence-corrected chi connectivity index (χ2v) is 7.39. The van der Waals surface area contributed by atoms with Gasteiger partial charge in [-0.25, -0.2) is 4.79 Å². The van der Waals surface area contributed by atoms with E-state index in [9.17, 15) is 9.59 Å². The first-order valence-electron chi connectivity index (χ1n) is 8.63. The molecule has 0 saturated heterocycles. The summed E-state index contributed by atoms with van der Waals surface area (Å²) >= 11 is 1.31. The predicted octanol–water partition coefficient (Wildman–Crippen LogP) is 5.14. The molecular weight excluding hydrogens is 358 g/mol. The molecule has 1 amide bonds. The van der Waals surface area contributed by atoms with Gasteiger partial charge in [0, 0.05) is 11.3 Å². The van der Waals surface area contributed by atoms with Gasteiger partial charge in [-0.05, 0) is 55.0 Å². The summed E-state index contributed by atoms with van der Waals surface area (Å²) in [6.07, 6.45) is 0. The van der Waals surface area contributed by atoms with E-state index in [0.29, 0.717) is 4.88 Å².